The monoisotopic (exact) mass is 229 g/mol. The number of hydrogen-bond donors (Lipinski definition) is 1. The van der Waals surface area contributed by atoms with Gasteiger partial charge in [0.25, 0.3) is 6.43 Å². The topological polar surface area (TPSA) is 52.3 Å². The number of rotatable bonds is 4. The summed E-state index contributed by atoms with van der Waals surface area (Å²) in [5, 5.41) is 0. The molecule has 0 bridgehead atoms. The van der Waals surface area contributed by atoms with Gasteiger partial charge >= 0.3 is 0 Å². The maximum absolute atomic E-state index is 12.8. The number of carbonyl (C=O) groups excluding carboxylic acids is 1. The molecule has 0 radical (unpaired) electrons. The average Bonchev–Trinajstić information content (AvgIpc) is 2.17. The van der Waals surface area contributed by atoms with Crippen molar-refractivity contribution in [1.82, 2.24) is 0 Å². The van der Waals surface area contributed by atoms with Gasteiger partial charge in [-0.2, -0.15) is 0 Å². The summed E-state index contributed by atoms with van der Waals surface area (Å²) in [6, 6.07) is 2.69. The van der Waals surface area contributed by atoms with Gasteiger partial charge in [0.2, 0.25) is 0 Å². The number of Topliss-reactive ketones (excluding diaryl/α,β-unsaturated/α-hetero) is 1. The lowest BCUT2D eigenvalue weighted by atomic mass is 10.0. The number of carbonyl (C=O) groups is 1. The number of ether oxygens (including phenoxy) is 1. The van der Waals surface area contributed by atoms with Crippen molar-refractivity contribution in [3.05, 3.63) is 23.3 Å². The van der Waals surface area contributed by atoms with Crippen LogP contribution >= 0.6 is 0 Å². The number of anilines is 1. The van der Waals surface area contributed by atoms with Crippen LogP contribution in [0, 0.1) is 0 Å². The average molecular weight is 229 g/mol. The third kappa shape index (κ3) is 2.29. The van der Waals surface area contributed by atoms with Crippen LogP contribution < -0.4 is 10.5 Å². The first-order valence-corrected chi connectivity index (χ1v) is 4.83. The standard InChI is InChI=1S/C11H13F2NO2/c1-3-16-10-7(6(2)15)4-5-8(14)9(10)11(12)13/h4-5,11H,3,14H2,1-2H3. The van der Waals surface area contributed by atoms with Crippen LogP contribution in [0.15, 0.2) is 12.1 Å². The second-order valence-electron chi connectivity index (χ2n) is 3.24. The molecule has 2 N–H and O–H groups in total. The first-order chi connectivity index (χ1) is 7.49. The predicted molar refractivity (Wildman–Crippen MR) is 57.0 cm³/mol. The molecular weight excluding hydrogens is 216 g/mol. The van der Waals surface area contributed by atoms with E-state index in [9.17, 15) is 13.6 Å². The molecule has 0 spiro atoms. The molecule has 0 saturated heterocycles. The molecule has 1 rings (SSSR count). The van der Waals surface area contributed by atoms with Crippen LogP contribution in [0.2, 0.25) is 0 Å². The summed E-state index contributed by atoms with van der Waals surface area (Å²) in [6.07, 6.45) is -2.76. The predicted octanol–water partition coefficient (Wildman–Crippen LogP) is 2.81. The molecule has 0 unspecified atom stereocenters. The minimum atomic E-state index is -2.76. The lowest BCUT2D eigenvalue weighted by molar-refractivity contribution is 0.101. The molecule has 0 aliphatic carbocycles. The number of halogens is 2. The number of alkyl halides is 2. The Balaban J connectivity index is 3.43. The third-order valence-corrected chi connectivity index (χ3v) is 2.12. The van der Waals surface area contributed by atoms with E-state index in [4.69, 9.17) is 10.5 Å². The third-order valence-electron chi connectivity index (χ3n) is 2.12. The van der Waals surface area contributed by atoms with Gasteiger partial charge in [-0.1, -0.05) is 0 Å². The van der Waals surface area contributed by atoms with Gasteiger partial charge in [-0.3, -0.25) is 4.79 Å². The Hall–Kier alpha value is -1.65. The Labute approximate surface area is 92.2 Å². The highest BCUT2D eigenvalue weighted by Crippen LogP contribution is 2.37. The second kappa shape index (κ2) is 4.92. The van der Waals surface area contributed by atoms with Gasteiger partial charge in [-0.05, 0) is 26.0 Å². The highest BCUT2D eigenvalue weighted by Gasteiger charge is 2.22. The molecule has 0 aliphatic rings. The summed E-state index contributed by atoms with van der Waals surface area (Å²) >= 11 is 0. The van der Waals surface area contributed by atoms with E-state index in [-0.39, 0.29) is 29.4 Å². The minimum absolute atomic E-state index is 0.0662. The van der Waals surface area contributed by atoms with E-state index in [0.29, 0.717) is 0 Å². The zero-order chi connectivity index (χ0) is 12.3. The molecule has 0 heterocycles. The molecule has 0 aromatic heterocycles. The Bertz CT molecular complexity index is 405. The van der Waals surface area contributed by atoms with Crippen LogP contribution in [0.4, 0.5) is 14.5 Å². The van der Waals surface area contributed by atoms with Gasteiger partial charge in [0.1, 0.15) is 5.75 Å². The largest absolute Gasteiger partial charge is 0.493 e. The summed E-state index contributed by atoms with van der Waals surface area (Å²) in [6.45, 7) is 3.15. The quantitative estimate of drug-likeness (QED) is 0.638. The van der Waals surface area contributed by atoms with Crippen molar-refractivity contribution >= 4 is 11.5 Å². The SMILES string of the molecule is CCOc1c(C(C)=O)ccc(N)c1C(F)F. The van der Waals surface area contributed by atoms with Crippen LogP contribution in [-0.2, 0) is 0 Å². The van der Waals surface area contributed by atoms with E-state index in [0.717, 1.165) is 0 Å². The summed E-state index contributed by atoms with van der Waals surface area (Å²) in [5.41, 5.74) is 5.11. The lowest BCUT2D eigenvalue weighted by Crippen LogP contribution is -2.07. The maximum atomic E-state index is 12.8. The fraction of sp³-hybridized carbons (Fsp3) is 0.364. The van der Waals surface area contributed by atoms with Crippen molar-refractivity contribution in [2.24, 2.45) is 0 Å². The Kier molecular flexibility index (Phi) is 3.82. The number of nitrogen functional groups attached to an aromatic ring is 1. The number of ketones is 1. The summed E-state index contributed by atoms with van der Waals surface area (Å²) in [7, 11) is 0. The first kappa shape index (κ1) is 12.4. The zero-order valence-electron chi connectivity index (χ0n) is 9.09. The van der Waals surface area contributed by atoms with Crippen molar-refractivity contribution in [1.29, 1.82) is 0 Å². The second-order valence-corrected chi connectivity index (χ2v) is 3.24. The molecule has 0 saturated carbocycles. The Morgan fingerprint density at radius 2 is 2.12 bits per heavy atom. The van der Waals surface area contributed by atoms with Crippen molar-refractivity contribution in [2.75, 3.05) is 12.3 Å². The van der Waals surface area contributed by atoms with Crippen LogP contribution in [0.5, 0.6) is 5.75 Å². The summed E-state index contributed by atoms with van der Waals surface area (Å²) in [4.78, 5) is 11.3. The van der Waals surface area contributed by atoms with Crippen LogP contribution in [0.3, 0.4) is 0 Å². The number of benzene rings is 1. The smallest absolute Gasteiger partial charge is 0.269 e. The molecule has 3 nitrogen and oxygen atoms in total. The zero-order valence-corrected chi connectivity index (χ0v) is 9.09. The Morgan fingerprint density at radius 3 is 2.56 bits per heavy atom. The number of hydrogen-bond acceptors (Lipinski definition) is 3. The normalized spacial score (nSPS) is 10.6. The van der Waals surface area contributed by atoms with E-state index in [1.807, 2.05) is 0 Å². The molecule has 0 fully saturated rings. The maximum Gasteiger partial charge on any atom is 0.269 e. The number of nitrogens with two attached hydrogens (primary N) is 1. The van der Waals surface area contributed by atoms with Crippen LogP contribution in [0.25, 0.3) is 0 Å². The van der Waals surface area contributed by atoms with Crippen molar-refractivity contribution in [3.8, 4) is 5.75 Å². The first-order valence-electron chi connectivity index (χ1n) is 4.83. The molecule has 88 valence electrons. The van der Waals surface area contributed by atoms with Crippen molar-refractivity contribution in [3.63, 3.8) is 0 Å². The van der Waals surface area contributed by atoms with E-state index >= 15 is 0 Å². The van der Waals surface area contributed by atoms with Crippen LogP contribution in [-0.4, -0.2) is 12.4 Å². The fourth-order valence-corrected chi connectivity index (χ4v) is 1.42. The highest BCUT2D eigenvalue weighted by atomic mass is 19.3. The minimum Gasteiger partial charge on any atom is -0.493 e. The van der Waals surface area contributed by atoms with Gasteiger partial charge in [0, 0.05) is 5.69 Å². The van der Waals surface area contributed by atoms with Gasteiger partial charge in [-0.15, -0.1) is 0 Å². The van der Waals surface area contributed by atoms with Crippen LogP contribution in [0.1, 0.15) is 36.2 Å². The highest BCUT2D eigenvalue weighted by molar-refractivity contribution is 5.98. The summed E-state index contributed by atoms with van der Waals surface area (Å²) < 4.78 is 30.7. The molecule has 0 atom stereocenters. The molecule has 5 heteroatoms. The van der Waals surface area contributed by atoms with E-state index < -0.39 is 12.0 Å². The van der Waals surface area contributed by atoms with Crippen molar-refractivity contribution < 1.29 is 18.3 Å². The van der Waals surface area contributed by atoms with Crippen molar-refractivity contribution in [2.45, 2.75) is 20.3 Å². The van der Waals surface area contributed by atoms with E-state index in [2.05, 4.69) is 0 Å². The van der Waals surface area contributed by atoms with E-state index in [1.165, 1.54) is 19.1 Å². The molecule has 1 aromatic carbocycles. The van der Waals surface area contributed by atoms with Gasteiger partial charge in [0.05, 0.1) is 17.7 Å². The van der Waals surface area contributed by atoms with Gasteiger partial charge in [0.15, 0.2) is 5.78 Å². The summed E-state index contributed by atoms with van der Waals surface area (Å²) in [5.74, 6) is -0.435. The molecule has 0 aliphatic heterocycles. The fourth-order valence-electron chi connectivity index (χ4n) is 1.42. The molecule has 1 aromatic rings. The van der Waals surface area contributed by atoms with Gasteiger partial charge < -0.3 is 10.5 Å². The molecular formula is C11H13F2NO2. The molecule has 16 heavy (non-hydrogen) atoms. The molecule has 0 amide bonds. The lowest BCUT2D eigenvalue weighted by Gasteiger charge is -2.15. The van der Waals surface area contributed by atoms with E-state index in [1.54, 1.807) is 6.92 Å². The Morgan fingerprint density at radius 1 is 1.50 bits per heavy atom. The van der Waals surface area contributed by atoms with Gasteiger partial charge in [-0.25, -0.2) is 8.78 Å².